The second kappa shape index (κ2) is 8.72. The third kappa shape index (κ3) is 4.86. The van der Waals surface area contributed by atoms with Gasteiger partial charge in [0.05, 0.1) is 6.61 Å². The first-order chi connectivity index (χ1) is 12.7. The molecular weight excluding hydrogens is 324 g/mol. The van der Waals surface area contributed by atoms with Crippen LogP contribution in [-0.4, -0.2) is 12.5 Å². The van der Waals surface area contributed by atoms with Gasteiger partial charge in [0.15, 0.2) is 0 Å². The number of para-hydroxylation sites is 1. The van der Waals surface area contributed by atoms with Crippen LogP contribution in [0.4, 0.5) is 17.1 Å². The topological polar surface area (TPSA) is 50.4 Å². The molecular formula is C22H22N2O2. The molecule has 0 aromatic heterocycles. The molecule has 3 aromatic rings. The van der Waals surface area contributed by atoms with Crippen LogP contribution in [0.3, 0.4) is 0 Å². The molecule has 1 amide bonds. The van der Waals surface area contributed by atoms with Crippen molar-refractivity contribution in [1.29, 1.82) is 0 Å². The van der Waals surface area contributed by atoms with Gasteiger partial charge in [0.25, 0.3) is 5.91 Å². The minimum atomic E-state index is -0.143. The molecule has 0 aliphatic rings. The fourth-order valence-electron chi connectivity index (χ4n) is 2.45. The maximum absolute atomic E-state index is 12.3. The van der Waals surface area contributed by atoms with Gasteiger partial charge in [-0.15, -0.1) is 0 Å². The maximum Gasteiger partial charge on any atom is 0.255 e. The van der Waals surface area contributed by atoms with E-state index in [-0.39, 0.29) is 5.91 Å². The number of nitrogens with one attached hydrogen (secondary N) is 2. The van der Waals surface area contributed by atoms with Gasteiger partial charge in [-0.3, -0.25) is 4.79 Å². The minimum Gasteiger partial charge on any atom is -0.494 e. The van der Waals surface area contributed by atoms with E-state index in [0.29, 0.717) is 12.2 Å². The number of hydrogen-bond donors (Lipinski definition) is 2. The molecule has 0 saturated heterocycles. The number of rotatable bonds is 7. The SMILES string of the molecule is CCCOc1ccc(C(=O)Nc2ccc(Nc3ccccc3)cc2)cc1. The highest BCUT2D eigenvalue weighted by Gasteiger charge is 2.06. The summed E-state index contributed by atoms with van der Waals surface area (Å²) in [6.45, 7) is 2.73. The van der Waals surface area contributed by atoms with Crippen molar-refractivity contribution in [1.82, 2.24) is 0 Å². The Morgan fingerprint density at radius 3 is 2.08 bits per heavy atom. The zero-order valence-electron chi connectivity index (χ0n) is 14.7. The third-order valence-electron chi connectivity index (χ3n) is 3.79. The lowest BCUT2D eigenvalue weighted by atomic mass is 10.2. The molecule has 0 bridgehead atoms. The Kier molecular flexibility index (Phi) is 5.88. The van der Waals surface area contributed by atoms with Gasteiger partial charge in [0, 0.05) is 22.6 Å². The number of anilines is 3. The van der Waals surface area contributed by atoms with Crippen LogP contribution in [0.15, 0.2) is 78.9 Å². The Hall–Kier alpha value is -3.27. The second-order valence-electron chi connectivity index (χ2n) is 5.90. The van der Waals surface area contributed by atoms with E-state index in [1.54, 1.807) is 12.1 Å². The van der Waals surface area contributed by atoms with Crippen LogP contribution in [-0.2, 0) is 0 Å². The molecule has 2 N–H and O–H groups in total. The van der Waals surface area contributed by atoms with Crippen LogP contribution < -0.4 is 15.4 Å². The second-order valence-corrected chi connectivity index (χ2v) is 5.90. The Labute approximate surface area is 153 Å². The highest BCUT2D eigenvalue weighted by atomic mass is 16.5. The molecule has 4 heteroatoms. The fourth-order valence-corrected chi connectivity index (χ4v) is 2.45. The molecule has 132 valence electrons. The number of benzene rings is 3. The lowest BCUT2D eigenvalue weighted by Crippen LogP contribution is -2.11. The summed E-state index contributed by atoms with van der Waals surface area (Å²) < 4.78 is 5.53. The van der Waals surface area contributed by atoms with Crippen LogP contribution in [0, 0.1) is 0 Å². The third-order valence-corrected chi connectivity index (χ3v) is 3.79. The highest BCUT2D eigenvalue weighted by Crippen LogP contribution is 2.19. The van der Waals surface area contributed by atoms with Crippen molar-refractivity contribution in [2.75, 3.05) is 17.2 Å². The smallest absolute Gasteiger partial charge is 0.255 e. The monoisotopic (exact) mass is 346 g/mol. The van der Waals surface area contributed by atoms with E-state index >= 15 is 0 Å². The molecule has 0 atom stereocenters. The lowest BCUT2D eigenvalue weighted by molar-refractivity contribution is 0.102. The van der Waals surface area contributed by atoms with Gasteiger partial charge < -0.3 is 15.4 Å². The average molecular weight is 346 g/mol. The molecule has 4 nitrogen and oxygen atoms in total. The van der Waals surface area contributed by atoms with Crippen molar-refractivity contribution < 1.29 is 9.53 Å². The molecule has 3 rings (SSSR count). The number of carbonyl (C=O) groups is 1. The molecule has 26 heavy (non-hydrogen) atoms. The first-order valence-electron chi connectivity index (χ1n) is 8.71. The molecule has 0 saturated carbocycles. The van der Waals surface area contributed by atoms with Crippen molar-refractivity contribution >= 4 is 23.0 Å². The Morgan fingerprint density at radius 1 is 0.808 bits per heavy atom. The van der Waals surface area contributed by atoms with Crippen LogP contribution in [0.5, 0.6) is 5.75 Å². The maximum atomic E-state index is 12.3. The molecule has 0 aliphatic heterocycles. The van der Waals surface area contributed by atoms with Crippen molar-refractivity contribution in [2.24, 2.45) is 0 Å². The van der Waals surface area contributed by atoms with E-state index in [9.17, 15) is 4.79 Å². The number of carbonyl (C=O) groups excluding carboxylic acids is 1. The Balaban J connectivity index is 1.59. The normalized spacial score (nSPS) is 10.2. The van der Waals surface area contributed by atoms with E-state index < -0.39 is 0 Å². The Bertz CT molecular complexity index is 828. The van der Waals surface area contributed by atoms with Gasteiger partial charge in [-0.05, 0) is 67.1 Å². The van der Waals surface area contributed by atoms with Crippen LogP contribution in [0.2, 0.25) is 0 Å². The standard InChI is InChI=1S/C22H22N2O2/c1-2-16-26-21-14-8-17(9-15-21)22(25)24-20-12-10-19(11-13-20)23-18-6-4-3-5-7-18/h3-15,23H,2,16H2,1H3,(H,24,25). The minimum absolute atomic E-state index is 0.143. The van der Waals surface area contributed by atoms with Crippen molar-refractivity contribution in [3.05, 3.63) is 84.4 Å². The van der Waals surface area contributed by atoms with Gasteiger partial charge in [0.2, 0.25) is 0 Å². The van der Waals surface area contributed by atoms with E-state index in [4.69, 9.17) is 4.74 Å². The predicted molar refractivity (Wildman–Crippen MR) is 106 cm³/mol. The quantitative estimate of drug-likeness (QED) is 0.596. The van der Waals surface area contributed by atoms with Crippen molar-refractivity contribution in [3.8, 4) is 5.75 Å². The molecule has 3 aromatic carbocycles. The van der Waals surface area contributed by atoms with Gasteiger partial charge >= 0.3 is 0 Å². The number of amides is 1. The van der Waals surface area contributed by atoms with Gasteiger partial charge in [-0.2, -0.15) is 0 Å². The summed E-state index contributed by atoms with van der Waals surface area (Å²) in [5.41, 5.74) is 3.33. The van der Waals surface area contributed by atoms with E-state index in [1.165, 1.54) is 0 Å². The average Bonchev–Trinajstić information content (AvgIpc) is 2.69. The van der Waals surface area contributed by atoms with Crippen LogP contribution in [0.25, 0.3) is 0 Å². The Morgan fingerprint density at radius 2 is 1.42 bits per heavy atom. The van der Waals surface area contributed by atoms with Gasteiger partial charge in [0.1, 0.15) is 5.75 Å². The van der Waals surface area contributed by atoms with E-state index in [2.05, 4.69) is 17.6 Å². The first kappa shape index (κ1) is 17.5. The zero-order valence-corrected chi connectivity index (χ0v) is 14.7. The molecule has 0 aliphatic carbocycles. The first-order valence-corrected chi connectivity index (χ1v) is 8.71. The van der Waals surface area contributed by atoms with E-state index in [0.717, 1.165) is 29.2 Å². The molecule has 0 heterocycles. The predicted octanol–water partition coefficient (Wildman–Crippen LogP) is 5.47. The number of hydrogen-bond acceptors (Lipinski definition) is 3. The fraction of sp³-hybridized carbons (Fsp3) is 0.136. The van der Waals surface area contributed by atoms with Crippen molar-refractivity contribution in [3.63, 3.8) is 0 Å². The summed E-state index contributed by atoms with van der Waals surface area (Å²) in [4.78, 5) is 12.3. The summed E-state index contributed by atoms with van der Waals surface area (Å²) in [5.74, 6) is 0.635. The molecule has 0 unspecified atom stereocenters. The van der Waals surface area contributed by atoms with Crippen LogP contribution >= 0.6 is 0 Å². The van der Waals surface area contributed by atoms with Crippen molar-refractivity contribution in [2.45, 2.75) is 13.3 Å². The zero-order chi connectivity index (χ0) is 18.2. The summed E-state index contributed by atoms with van der Waals surface area (Å²) in [5, 5.41) is 6.22. The highest BCUT2D eigenvalue weighted by molar-refractivity contribution is 6.04. The summed E-state index contributed by atoms with van der Waals surface area (Å²) in [6.07, 6.45) is 0.956. The summed E-state index contributed by atoms with van der Waals surface area (Å²) in [6, 6.07) is 24.7. The molecule has 0 spiro atoms. The number of ether oxygens (including phenoxy) is 1. The lowest BCUT2D eigenvalue weighted by Gasteiger charge is -2.09. The van der Waals surface area contributed by atoms with Gasteiger partial charge in [-0.1, -0.05) is 25.1 Å². The molecule has 0 radical (unpaired) electrons. The largest absolute Gasteiger partial charge is 0.494 e. The van der Waals surface area contributed by atoms with Gasteiger partial charge in [-0.25, -0.2) is 0 Å². The van der Waals surface area contributed by atoms with E-state index in [1.807, 2.05) is 66.7 Å². The summed E-state index contributed by atoms with van der Waals surface area (Å²) >= 11 is 0. The molecule has 0 fully saturated rings. The summed E-state index contributed by atoms with van der Waals surface area (Å²) in [7, 11) is 0. The van der Waals surface area contributed by atoms with Crippen LogP contribution in [0.1, 0.15) is 23.7 Å².